The maximum atomic E-state index is 13.2. The first-order chi connectivity index (χ1) is 21.7. The minimum Gasteiger partial charge on any atom is -0.429 e. The second-order valence-electron chi connectivity index (χ2n) is 10.6. The van der Waals surface area contributed by atoms with E-state index in [-0.39, 0.29) is 55.6 Å². The van der Waals surface area contributed by atoms with Crippen molar-refractivity contribution in [1.29, 1.82) is 0 Å². The highest BCUT2D eigenvalue weighted by Crippen LogP contribution is 2.18. The van der Waals surface area contributed by atoms with Crippen LogP contribution in [0, 0.1) is 16.0 Å². The summed E-state index contributed by atoms with van der Waals surface area (Å²) in [6.45, 7) is 4.80. The summed E-state index contributed by atoms with van der Waals surface area (Å²) in [5, 5.41) is 21.1. The van der Waals surface area contributed by atoms with Gasteiger partial charge in [-0.3, -0.25) is 24.5 Å². The Morgan fingerprint density at radius 3 is 2.13 bits per heavy atom. The zero-order chi connectivity index (χ0) is 34.2. The van der Waals surface area contributed by atoms with Crippen molar-refractivity contribution in [2.75, 3.05) is 11.9 Å². The molecule has 2 atom stereocenters. The maximum Gasteiger partial charge on any atom is 0.514 e. The van der Waals surface area contributed by atoms with E-state index >= 15 is 0 Å². The molecule has 46 heavy (non-hydrogen) atoms. The molecule has 0 spiro atoms. The molecule has 6 N–H and O–H groups in total. The summed E-state index contributed by atoms with van der Waals surface area (Å²) in [5.74, 6) is -2.06. The van der Waals surface area contributed by atoms with E-state index in [1.165, 1.54) is 31.2 Å². The van der Waals surface area contributed by atoms with E-state index in [9.17, 15) is 38.9 Å². The Kier molecular flexibility index (Phi) is 14.6. The monoisotopic (exact) mass is 642 g/mol. The van der Waals surface area contributed by atoms with E-state index in [1.54, 1.807) is 38.1 Å². The second kappa shape index (κ2) is 18.3. The lowest BCUT2D eigenvalue weighted by molar-refractivity contribution is -0.384. The fourth-order valence-corrected chi connectivity index (χ4v) is 3.94. The van der Waals surface area contributed by atoms with Gasteiger partial charge in [0, 0.05) is 37.2 Å². The predicted molar refractivity (Wildman–Crippen MR) is 164 cm³/mol. The largest absolute Gasteiger partial charge is 0.514 e. The van der Waals surface area contributed by atoms with Crippen LogP contribution in [0.3, 0.4) is 0 Å². The molecular formula is C30H38N6O10. The van der Waals surface area contributed by atoms with E-state index in [0.717, 1.165) is 0 Å². The van der Waals surface area contributed by atoms with Crippen LogP contribution in [-0.4, -0.2) is 59.2 Å². The first kappa shape index (κ1) is 36.7. The molecule has 16 heteroatoms. The first-order valence-electron chi connectivity index (χ1n) is 14.4. The highest BCUT2D eigenvalue weighted by atomic mass is 16.7. The Bertz CT molecular complexity index is 1400. The Morgan fingerprint density at radius 2 is 1.57 bits per heavy atom. The number of carbonyl (C=O) groups excluding carboxylic acids is 6. The van der Waals surface area contributed by atoms with Gasteiger partial charge in [0.05, 0.1) is 4.92 Å². The molecule has 2 aromatic rings. The Balaban J connectivity index is 2.00. The summed E-state index contributed by atoms with van der Waals surface area (Å²) >= 11 is 0. The van der Waals surface area contributed by atoms with Crippen molar-refractivity contribution in [3.63, 3.8) is 0 Å². The lowest BCUT2D eigenvalue weighted by atomic mass is 10.0. The number of Topliss-reactive ketones (excluding diaryl/α,β-unsaturated/α-hetero) is 1. The van der Waals surface area contributed by atoms with Crippen molar-refractivity contribution in [3.8, 4) is 5.75 Å². The third kappa shape index (κ3) is 13.4. The van der Waals surface area contributed by atoms with Gasteiger partial charge in [0.2, 0.25) is 17.7 Å². The van der Waals surface area contributed by atoms with Crippen LogP contribution in [0.25, 0.3) is 0 Å². The first-order valence-corrected chi connectivity index (χ1v) is 14.4. The number of hydrogen-bond donors (Lipinski definition) is 5. The number of nitrogens with zero attached hydrogens (tertiary/aromatic N) is 1. The number of hydrogen-bond acceptors (Lipinski definition) is 10. The smallest absolute Gasteiger partial charge is 0.429 e. The number of carbonyl (C=O) groups is 6. The van der Waals surface area contributed by atoms with E-state index in [0.29, 0.717) is 17.7 Å². The second-order valence-corrected chi connectivity index (χ2v) is 10.6. The molecule has 0 saturated heterocycles. The summed E-state index contributed by atoms with van der Waals surface area (Å²) < 4.78 is 10.1. The van der Waals surface area contributed by atoms with Crippen molar-refractivity contribution < 1.29 is 43.2 Å². The Hall–Kier alpha value is -5.54. The molecular weight excluding hydrogens is 604 g/mol. The molecule has 5 amide bonds. The van der Waals surface area contributed by atoms with Gasteiger partial charge in [0.25, 0.3) is 5.69 Å². The molecule has 16 nitrogen and oxygen atoms in total. The number of ketones is 1. The highest BCUT2D eigenvalue weighted by molar-refractivity contribution is 5.98. The molecule has 0 heterocycles. The van der Waals surface area contributed by atoms with Gasteiger partial charge in [-0.05, 0) is 55.5 Å². The van der Waals surface area contributed by atoms with Crippen LogP contribution in [0.4, 0.5) is 21.0 Å². The fraction of sp³-hybridized carbons (Fsp3) is 0.400. The van der Waals surface area contributed by atoms with Crippen LogP contribution < -0.4 is 31.7 Å². The normalized spacial score (nSPS) is 11.8. The van der Waals surface area contributed by atoms with Crippen molar-refractivity contribution in [1.82, 2.24) is 16.0 Å². The SMILES string of the molecule is CC(=O)CCC(=O)N[C@H](C(=O)N[C@@H](CCCNC(N)=O)C(=O)Nc1ccc(COC(=O)Oc2ccc([N+](=O)[O-])cc2)cc1)C(C)C. The fourth-order valence-electron chi connectivity index (χ4n) is 3.94. The number of non-ortho nitro benzene ring substituents is 1. The topological polar surface area (TPSA) is 238 Å². The predicted octanol–water partition coefficient (Wildman–Crippen LogP) is 2.69. The third-order valence-corrected chi connectivity index (χ3v) is 6.40. The molecule has 2 aromatic carbocycles. The Morgan fingerprint density at radius 1 is 0.913 bits per heavy atom. The van der Waals surface area contributed by atoms with E-state index in [4.69, 9.17) is 15.2 Å². The molecule has 0 unspecified atom stereocenters. The number of anilines is 1. The molecule has 0 aromatic heterocycles. The van der Waals surface area contributed by atoms with Gasteiger partial charge in [-0.25, -0.2) is 9.59 Å². The minimum atomic E-state index is -1.05. The Labute approximate surface area is 264 Å². The van der Waals surface area contributed by atoms with Gasteiger partial charge in [-0.2, -0.15) is 0 Å². The number of nitro benzene ring substituents is 1. The van der Waals surface area contributed by atoms with Crippen LogP contribution in [0.5, 0.6) is 5.75 Å². The molecule has 2 rings (SSSR count). The average molecular weight is 643 g/mol. The number of nitrogens with one attached hydrogen (secondary N) is 4. The van der Waals surface area contributed by atoms with Crippen LogP contribution >= 0.6 is 0 Å². The lowest BCUT2D eigenvalue weighted by Crippen LogP contribution is -2.54. The zero-order valence-electron chi connectivity index (χ0n) is 25.7. The summed E-state index contributed by atoms with van der Waals surface area (Å²) in [7, 11) is 0. The number of urea groups is 1. The molecule has 0 aliphatic carbocycles. The van der Waals surface area contributed by atoms with Crippen molar-refractivity contribution >= 4 is 47.1 Å². The quantitative estimate of drug-likeness (QED) is 0.0556. The van der Waals surface area contributed by atoms with Crippen molar-refractivity contribution in [3.05, 3.63) is 64.2 Å². The van der Waals surface area contributed by atoms with E-state index in [1.807, 2.05) is 0 Å². The average Bonchev–Trinajstić information content (AvgIpc) is 2.99. The van der Waals surface area contributed by atoms with Crippen molar-refractivity contribution in [2.45, 2.75) is 65.1 Å². The molecule has 0 bridgehead atoms. The summed E-state index contributed by atoms with van der Waals surface area (Å²) in [4.78, 5) is 83.1. The number of nitro groups is 1. The molecule has 0 aliphatic rings. The maximum absolute atomic E-state index is 13.2. The van der Waals surface area contributed by atoms with Gasteiger partial charge in [0.1, 0.15) is 30.2 Å². The number of amides is 5. The van der Waals surface area contributed by atoms with Crippen LogP contribution in [0.1, 0.15) is 52.0 Å². The highest BCUT2D eigenvalue weighted by Gasteiger charge is 2.29. The summed E-state index contributed by atoms with van der Waals surface area (Å²) in [5.41, 5.74) is 5.87. The standard InChI is InChI=1S/C30H38N6O10/c1-18(2)26(35-25(38)15-6-19(3)37)28(40)34-24(5-4-16-32-29(31)41)27(39)33-21-9-7-20(8-10-21)17-45-30(42)46-23-13-11-22(12-14-23)36(43)44/h7-14,18,24,26H,4-6,15-17H2,1-3H3,(H,33,39)(H,34,40)(H,35,38)(H3,31,32,41)/t24-,26-/m0/s1. The molecule has 0 fully saturated rings. The van der Waals surface area contributed by atoms with Crippen molar-refractivity contribution in [2.24, 2.45) is 11.7 Å². The van der Waals surface area contributed by atoms with Gasteiger partial charge < -0.3 is 41.3 Å². The van der Waals surface area contributed by atoms with Gasteiger partial charge in [-0.15, -0.1) is 0 Å². The number of benzene rings is 2. The minimum absolute atomic E-state index is 0.0351. The van der Waals surface area contributed by atoms with Gasteiger partial charge >= 0.3 is 12.2 Å². The van der Waals surface area contributed by atoms with Gasteiger partial charge in [0.15, 0.2) is 0 Å². The van der Waals surface area contributed by atoms with Gasteiger partial charge in [-0.1, -0.05) is 26.0 Å². The van der Waals surface area contributed by atoms with E-state index in [2.05, 4.69) is 21.3 Å². The molecule has 0 aliphatic heterocycles. The van der Waals surface area contributed by atoms with Crippen LogP contribution in [-0.2, 0) is 30.5 Å². The summed E-state index contributed by atoms with van der Waals surface area (Å²) in [6.07, 6.45) is -0.635. The van der Waals surface area contributed by atoms with Crippen LogP contribution in [0.2, 0.25) is 0 Å². The molecule has 0 saturated carbocycles. The number of rotatable bonds is 17. The van der Waals surface area contributed by atoms with E-state index < -0.39 is 46.9 Å². The number of primary amides is 1. The zero-order valence-corrected chi connectivity index (χ0v) is 25.7. The summed E-state index contributed by atoms with van der Waals surface area (Å²) in [6, 6.07) is 8.42. The number of nitrogens with two attached hydrogens (primary N) is 1. The lowest BCUT2D eigenvalue weighted by Gasteiger charge is -2.25. The third-order valence-electron chi connectivity index (χ3n) is 6.40. The van der Waals surface area contributed by atoms with Crippen LogP contribution in [0.15, 0.2) is 48.5 Å². The molecule has 0 radical (unpaired) electrons. The molecule has 248 valence electrons. The number of ether oxygens (including phenoxy) is 2.